The Morgan fingerprint density at radius 2 is 2.00 bits per heavy atom. The number of cyclic esters (lactones) is 1. The van der Waals surface area contributed by atoms with Crippen molar-refractivity contribution in [1.29, 1.82) is 0 Å². The normalized spacial score (nSPS) is 15.4. The predicted molar refractivity (Wildman–Crippen MR) is 51.3 cm³/mol. The van der Waals surface area contributed by atoms with Crippen LogP contribution in [0.4, 0.5) is 0 Å². The maximum absolute atomic E-state index is 10.7. The molecule has 1 heterocycles. The van der Waals surface area contributed by atoms with Gasteiger partial charge in [0.2, 0.25) is 0 Å². The molecule has 0 amide bonds. The lowest BCUT2D eigenvalue weighted by molar-refractivity contribution is -0.134. The van der Waals surface area contributed by atoms with Crippen LogP contribution in [-0.4, -0.2) is 12.6 Å². The number of benzene rings is 1. The van der Waals surface area contributed by atoms with Gasteiger partial charge in [-0.1, -0.05) is 30.0 Å². The number of hydrogen-bond donors (Lipinski definition) is 0. The van der Waals surface area contributed by atoms with Crippen LogP contribution in [0.25, 0.3) is 0 Å². The Kier molecular flexibility index (Phi) is 2.36. The molecule has 0 saturated heterocycles. The first-order valence-corrected chi connectivity index (χ1v) is 4.76. The largest absolute Gasteiger partial charge is 0.457 e. The lowest BCUT2D eigenvalue weighted by Gasteiger charge is -1.98. The Hall–Kier alpha value is -1.22. The molecule has 0 N–H and O–H groups in total. The monoisotopic (exact) mass is 192 g/mol. The van der Waals surface area contributed by atoms with Crippen LogP contribution in [0.3, 0.4) is 0 Å². The Balaban J connectivity index is 2.07. The number of carbonyl (C=O) groups is 1. The van der Waals surface area contributed by atoms with E-state index in [1.807, 2.05) is 30.3 Å². The maximum atomic E-state index is 10.7. The Morgan fingerprint density at radius 1 is 1.23 bits per heavy atom. The molecular formula is C10H8O2S. The molecule has 2 rings (SSSR count). The number of ether oxygens (including phenoxy) is 1. The minimum Gasteiger partial charge on any atom is -0.457 e. The van der Waals surface area contributed by atoms with Crippen molar-refractivity contribution in [3.63, 3.8) is 0 Å². The predicted octanol–water partition coefficient (Wildman–Crippen LogP) is 2.22. The van der Waals surface area contributed by atoms with Crippen LogP contribution < -0.4 is 0 Å². The van der Waals surface area contributed by atoms with Gasteiger partial charge in [0.1, 0.15) is 6.61 Å². The van der Waals surface area contributed by atoms with Crippen molar-refractivity contribution < 1.29 is 9.53 Å². The van der Waals surface area contributed by atoms with Gasteiger partial charge in [-0.3, -0.25) is 0 Å². The van der Waals surface area contributed by atoms with E-state index in [2.05, 4.69) is 0 Å². The zero-order chi connectivity index (χ0) is 9.10. The van der Waals surface area contributed by atoms with Crippen molar-refractivity contribution in [2.45, 2.75) is 4.90 Å². The number of hydrogen-bond acceptors (Lipinski definition) is 3. The first kappa shape index (κ1) is 8.38. The summed E-state index contributed by atoms with van der Waals surface area (Å²) in [5.74, 6) is -0.238. The van der Waals surface area contributed by atoms with E-state index in [-0.39, 0.29) is 5.97 Å². The van der Waals surface area contributed by atoms with Crippen LogP contribution >= 0.6 is 11.8 Å². The smallest absolute Gasteiger partial charge is 0.332 e. The fourth-order valence-corrected chi connectivity index (χ4v) is 1.92. The number of rotatable bonds is 2. The highest BCUT2D eigenvalue weighted by Gasteiger charge is 2.13. The summed E-state index contributed by atoms with van der Waals surface area (Å²) in [5.41, 5.74) is 0. The van der Waals surface area contributed by atoms with Gasteiger partial charge in [-0.05, 0) is 12.1 Å². The summed E-state index contributed by atoms with van der Waals surface area (Å²) in [6.07, 6.45) is 1.54. The summed E-state index contributed by atoms with van der Waals surface area (Å²) in [7, 11) is 0. The molecular weight excluding hydrogens is 184 g/mol. The third-order valence-electron chi connectivity index (χ3n) is 1.63. The third-order valence-corrected chi connectivity index (χ3v) is 2.63. The molecule has 2 nitrogen and oxygen atoms in total. The molecule has 66 valence electrons. The zero-order valence-corrected chi connectivity index (χ0v) is 7.71. The molecule has 0 bridgehead atoms. The van der Waals surface area contributed by atoms with Gasteiger partial charge in [-0.2, -0.15) is 0 Å². The minimum absolute atomic E-state index is 0.238. The summed E-state index contributed by atoms with van der Waals surface area (Å²) >= 11 is 1.57. The molecule has 0 spiro atoms. The van der Waals surface area contributed by atoms with Crippen molar-refractivity contribution in [1.82, 2.24) is 0 Å². The van der Waals surface area contributed by atoms with Gasteiger partial charge in [0.25, 0.3) is 0 Å². The minimum atomic E-state index is -0.238. The van der Waals surface area contributed by atoms with E-state index in [1.54, 1.807) is 11.8 Å². The van der Waals surface area contributed by atoms with Crippen LogP contribution in [-0.2, 0) is 9.53 Å². The second-order valence-corrected chi connectivity index (χ2v) is 3.83. The molecule has 1 aromatic rings. The highest BCUT2D eigenvalue weighted by atomic mass is 32.2. The lowest BCUT2D eigenvalue weighted by Crippen LogP contribution is -1.90. The van der Waals surface area contributed by atoms with E-state index >= 15 is 0 Å². The summed E-state index contributed by atoms with van der Waals surface area (Å²) in [6.45, 7) is 0.415. The van der Waals surface area contributed by atoms with Crippen molar-refractivity contribution in [3.05, 3.63) is 41.3 Å². The van der Waals surface area contributed by atoms with Crippen LogP contribution in [0, 0.1) is 0 Å². The van der Waals surface area contributed by atoms with E-state index in [4.69, 9.17) is 4.74 Å². The molecule has 0 aliphatic carbocycles. The Morgan fingerprint density at radius 3 is 2.62 bits per heavy atom. The molecule has 1 aliphatic heterocycles. The van der Waals surface area contributed by atoms with Crippen molar-refractivity contribution in [2.24, 2.45) is 0 Å². The standard InChI is InChI=1S/C10H8O2S/c11-10-6-9(7-12-10)13-8-4-2-1-3-5-8/h1-6H,7H2. The van der Waals surface area contributed by atoms with Gasteiger partial charge in [0.15, 0.2) is 0 Å². The summed E-state index contributed by atoms with van der Waals surface area (Å²) < 4.78 is 4.79. The van der Waals surface area contributed by atoms with Crippen LogP contribution in [0.2, 0.25) is 0 Å². The Bertz CT molecular complexity index is 343. The number of carbonyl (C=O) groups excluding carboxylic acids is 1. The maximum Gasteiger partial charge on any atom is 0.332 e. The summed E-state index contributed by atoms with van der Waals surface area (Å²) in [5, 5.41) is 0. The molecule has 0 atom stereocenters. The first-order chi connectivity index (χ1) is 6.34. The summed E-state index contributed by atoms with van der Waals surface area (Å²) in [6, 6.07) is 9.93. The van der Waals surface area contributed by atoms with E-state index in [0.29, 0.717) is 6.61 Å². The highest BCUT2D eigenvalue weighted by molar-refractivity contribution is 8.03. The first-order valence-electron chi connectivity index (χ1n) is 3.95. The van der Waals surface area contributed by atoms with Gasteiger partial charge >= 0.3 is 5.97 Å². The lowest BCUT2D eigenvalue weighted by atomic mass is 10.4. The van der Waals surface area contributed by atoms with Gasteiger partial charge in [0, 0.05) is 15.9 Å². The Labute approximate surface area is 80.6 Å². The van der Waals surface area contributed by atoms with Crippen LogP contribution in [0.15, 0.2) is 46.2 Å². The average Bonchev–Trinajstić information content (AvgIpc) is 2.53. The quantitative estimate of drug-likeness (QED) is 0.672. The van der Waals surface area contributed by atoms with E-state index < -0.39 is 0 Å². The summed E-state index contributed by atoms with van der Waals surface area (Å²) in [4.78, 5) is 12.8. The van der Waals surface area contributed by atoms with E-state index in [0.717, 1.165) is 9.80 Å². The SMILES string of the molecule is O=C1C=C(Sc2ccccc2)CO1. The van der Waals surface area contributed by atoms with Gasteiger partial charge in [-0.25, -0.2) is 4.79 Å². The van der Waals surface area contributed by atoms with Crippen molar-refractivity contribution >= 4 is 17.7 Å². The fourth-order valence-electron chi connectivity index (χ4n) is 1.06. The molecule has 3 heteroatoms. The molecule has 1 aromatic carbocycles. The number of thioether (sulfide) groups is 1. The zero-order valence-electron chi connectivity index (χ0n) is 6.90. The average molecular weight is 192 g/mol. The van der Waals surface area contributed by atoms with Gasteiger partial charge in [-0.15, -0.1) is 0 Å². The van der Waals surface area contributed by atoms with E-state index in [9.17, 15) is 4.79 Å². The van der Waals surface area contributed by atoms with Crippen molar-refractivity contribution in [2.75, 3.05) is 6.61 Å². The highest BCUT2D eigenvalue weighted by Crippen LogP contribution is 2.28. The van der Waals surface area contributed by atoms with Gasteiger partial charge < -0.3 is 4.74 Å². The second-order valence-electron chi connectivity index (χ2n) is 2.63. The van der Waals surface area contributed by atoms with Crippen LogP contribution in [0.5, 0.6) is 0 Å². The van der Waals surface area contributed by atoms with Gasteiger partial charge in [0.05, 0.1) is 0 Å². The van der Waals surface area contributed by atoms with Crippen LogP contribution in [0.1, 0.15) is 0 Å². The molecule has 0 fully saturated rings. The second kappa shape index (κ2) is 3.66. The van der Waals surface area contributed by atoms with E-state index in [1.165, 1.54) is 6.08 Å². The third kappa shape index (κ3) is 2.12. The molecule has 1 aliphatic rings. The molecule has 0 saturated carbocycles. The fraction of sp³-hybridized carbons (Fsp3) is 0.100. The molecule has 0 radical (unpaired) electrons. The van der Waals surface area contributed by atoms with Crippen molar-refractivity contribution in [3.8, 4) is 0 Å². The molecule has 0 aromatic heterocycles. The number of esters is 1. The topological polar surface area (TPSA) is 26.3 Å². The molecule has 13 heavy (non-hydrogen) atoms. The molecule has 0 unspecified atom stereocenters.